The van der Waals surface area contributed by atoms with Crippen LogP contribution >= 0.6 is 0 Å². The van der Waals surface area contributed by atoms with Gasteiger partial charge in [0.05, 0.1) is 11.8 Å². The highest BCUT2D eigenvalue weighted by molar-refractivity contribution is 5.80. The molecule has 1 aliphatic heterocycles. The lowest BCUT2D eigenvalue weighted by Crippen LogP contribution is -2.20. The Morgan fingerprint density at radius 1 is 1.53 bits per heavy atom. The van der Waals surface area contributed by atoms with Gasteiger partial charge in [-0.25, -0.2) is 0 Å². The van der Waals surface area contributed by atoms with Crippen LogP contribution in [0.5, 0.6) is 0 Å². The van der Waals surface area contributed by atoms with Crippen LogP contribution in [-0.2, 0) is 22.5 Å². The van der Waals surface area contributed by atoms with Crippen molar-refractivity contribution in [2.75, 3.05) is 6.61 Å². The van der Waals surface area contributed by atoms with E-state index in [9.17, 15) is 4.79 Å². The Bertz CT molecular complexity index is 420. The number of hydrogen-bond donors (Lipinski definition) is 0. The molecule has 0 bridgehead atoms. The highest BCUT2D eigenvalue weighted by atomic mass is 16.5. The first kappa shape index (κ1) is 14.3. The van der Waals surface area contributed by atoms with E-state index in [1.54, 1.807) is 0 Å². The molecule has 1 aromatic rings. The molecule has 1 atom stereocenters. The maximum atomic E-state index is 12.0. The Balaban J connectivity index is 1.80. The normalized spacial score (nSPS) is 19.6. The Kier molecular flexibility index (Phi) is 5.14. The van der Waals surface area contributed by atoms with Gasteiger partial charge in [-0.05, 0) is 45.6 Å². The number of ketones is 1. The van der Waals surface area contributed by atoms with Gasteiger partial charge in [-0.3, -0.25) is 9.48 Å². The summed E-state index contributed by atoms with van der Waals surface area (Å²) in [6.07, 6.45) is 5.81. The van der Waals surface area contributed by atoms with Crippen LogP contribution < -0.4 is 0 Å². The molecule has 1 fully saturated rings. The Morgan fingerprint density at radius 2 is 2.37 bits per heavy atom. The van der Waals surface area contributed by atoms with E-state index in [-0.39, 0.29) is 0 Å². The van der Waals surface area contributed by atoms with Gasteiger partial charge in [-0.2, -0.15) is 5.10 Å². The standard InChI is InChI=1S/C15H24N2O2/c1-3-17-13(10-12(2)16-17)11-14(18)7-8-15-6-4-5-9-19-15/h10,15H,3-9,11H2,1-2H3. The molecule has 1 unspecified atom stereocenters. The number of aryl methyl sites for hydroxylation is 2. The minimum atomic E-state index is 0.295. The molecule has 4 heteroatoms. The molecule has 4 nitrogen and oxygen atoms in total. The van der Waals surface area contributed by atoms with Crippen LogP contribution in [0.1, 0.15) is 50.4 Å². The van der Waals surface area contributed by atoms with Crippen molar-refractivity contribution in [1.29, 1.82) is 0 Å². The van der Waals surface area contributed by atoms with Crippen LogP contribution in [0.2, 0.25) is 0 Å². The molecule has 1 saturated heterocycles. The fourth-order valence-corrected chi connectivity index (χ4v) is 2.66. The number of nitrogens with zero attached hydrogens (tertiary/aromatic N) is 2. The number of hydrogen-bond acceptors (Lipinski definition) is 3. The van der Waals surface area contributed by atoms with Crippen LogP contribution in [0.15, 0.2) is 6.07 Å². The third-order valence-electron chi connectivity index (χ3n) is 3.68. The predicted octanol–water partition coefficient (Wildman–Crippen LogP) is 2.67. The van der Waals surface area contributed by atoms with E-state index in [4.69, 9.17) is 4.74 Å². The summed E-state index contributed by atoms with van der Waals surface area (Å²) in [6, 6.07) is 2.01. The monoisotopic (exact) mass is 264 g/mol. The van der Waals surface area contributed by atoms with Crippen LogP contribution in [0.4, 0.5) is 0 Å². The number of Topliss-reactive ketones (excluding diaryl/α,β-unsaturated/α-hetero) is 1. The molecule has 2 rings (SSSR count). The van der Waals surface area contributed by atoms with E-state index in [1.807, 2.05) is 17.7 Å². The Hall–Kier alpha value is -1.16. The van der Waals surface area contributed by atoms with E-state index >= 15 is 0 Å². The minimum Gasteiger partial charge on any atom is -0.378 e. The minimum absolute atomic E-state index is 0.295. The number of carbonyl (C=O) groups is 1. The van der Waals surface area contributed by atoms with Crippen molar-refractivity contribution in [2.24, 2.45) is 0 Å². The first-order valence-corrected chi connectivity index (χ1v) is 7.35. The first-order chi connectivity index (χ1) is 9.19. The van der Waals surface area contributed by atoms with Crippen LogP contribution in [0.3, 0.4) is 0 Å². The average molecular weight is 264 g/mol. The van der Waals surface area contributed by atoms with Crippen LogP contribution in [0, 0.1) is 6.92 Å². The van der Waals surface area contributed by atoms with Gasteiger partial charge >= 0.3 is 0 Å². The molecule has 0 aliphatic carbocycles. The summed E-state index contributed by atoms with van der Waals surface area (Å²) in [5, 5.41) is 4.37. The summed E-state index contributed by atoms with van der Waals surface area (Å²) in [5.41, 5.74) is 2.02. The summed E-state index contributed by atoms with van der Waals surface area (Å²) < 4.78 is 7.58. The zero-order valence-electron chi connectivity index (χ0n) is 12.0. The van der Waals surface area contributed by atoms with E-state index in [1.165, 1.54) is 12.8 Å². The summed E-state index contributed by atoms with van der Waals surface area (Å²) in [4.78, 5) is 12.0. The van der Waals surface area contributed by atoms with E-state index in [0.29, 0.717) is 24.7 Å². The fraction of sp³-hybridized carbons (Fsp3) is 0.733. The number of ether oxygens (including phenoxy) is 1. The molecule has 0 radical (unpaired) electrons. The summed E-state index contributed by atoms with van der Waals surface area (Å²) in [5.74, 6) is 0.295. The zero-order valence-corrected chi connectivity index (χ0v) is 12.0. The third kappa shape index (κ3) is 4.16. The lowest BCUT2D eigenvalue weighted by atomic mass is 10.0. The summed E-state index contributed by atoms with van der Waals surface area (Å²) in [7, 11) is 0. The topological polar surface area (TPSA) is 44.1 Å². The molecule has 0 aromatic carbocycles. The van der Waals surface area contributed by atoms with Crippen molar-refractivity contribution < 1.29 is 9.53 Å². The summed E-state index contributed by atoms with van der Waals surface area (Å²) >= 11 is 0. The SMILES string of the molecule is CCn1nc(C)cc1CC(=O)CCC1CCCCO1. The maximum absolute atomic E-state index is 12.0. The second kappa shape index (κ2) is 6.85. The average Bonchev–Trinajstić information content (AvgIpc) is 2.77. The molecule has 1 aliphatic rings. The second-order valence-electron chi connectivity index (χ2n) is 5.34. The van der Waals surface area contributed by atoms with Gasteiger partial charge in [0.15, 0.2) is 0 Å². The van der Waals surface area contributed by atoms with Gasteiger partial charge in [0.25, 0.3) is 0 Å². The smallest absolute Gasteiger partial charge is 0.138 e. The molecular weight excluding hydrogens is 240 g/mol. The second-order valence-corrected chi connectivity index (χ2v) is 5.34. The fourth-order valence-electron chi connectivity index (χ4n) is 2.66. The van der Waals surface area contributed by atoms with Crippen LogP contribution in [0.25, 0.3) is 0 Å². The van der Waals surface area contributed by atoms with Crippen molar-refractivity contribution in [3.8, 4) is 0 Å². The molecular formula is C15H24N2O2. The molecule has 2 heterocycles. The van der Waals surface area contributed by atoms with Gasteiger partial charge < -0.3 is 4.74 Å². The number of rotatable bonds is 6. The molecule has 1 aromatic heterocycles. The maximum Gasteiger partial charge on any atom is 0.138 e. The lowest BCUT2D eigenvalue weighted by molar-refractivity contribution is -0.119. The molecule has 106 valence electrons. The predicted molar refractivity (Wildman–Crippen MR) is 74.2 cm³/mol. The third-order valence-corrected chi connectivity index (χ3v) is 3.68. The van der Waals surface area contributed by atoms with Crippen molar-refractivity contribution in [3.63, 3.8) is 0 Å². The van der Waals surface area contributed by atoms with Gasteiger partial charge in [0.1, 0.15) is 5.78 Å². The number of aromatic nitrogens is 2. The van der Waals surface area contributed by atoms with Gasteiger partial charge in [-0.1, -0.05) is 0 Å². The van der Waals surface area contributed by atoms with E-state index in [0.717, 1.165) is 37.4 Å². The molecule has 0 spiro atoms. The zero-order chi connectivity index (χ0) is 13.7. The highest BCUT2D eigenvalue weighted by Gasteiger charge is 2.16. The summed E-state index contributed by atoms with van der Waals surface area (Å²) in [6.45, 7) is 5.70. The van der Waals surface area contributed by atoms with Gasteiger partial charge in [0.2, 0.25) is 0 Å². The van der Waals surface area contributed by atoms with Crippen molar-refractivity contribution in [3.05, 3.63) is 17.5 Å². The van der Waals surface area contributed by atoms with Crippen molar-refractivity contribution >= 4 is 5.78 Å². The molecule has 0 amide bonds. The first-order valence-electron chi connectivity index (χ1n) is 7.35. The lowest BCUT2D eigenvalue weighted by Gasteiger charge is -2.22. The largest absolute Gasteiger partial charge is 0.378 e. The molecule has 0 N–H and O–H groups in total. The van der Waals surface area contributed by atoms with Crippen molar-refractivity contribution in [1.82, 2.24) is 9.78 Å². The quantitative estimate of drug-likeness (QED) is 0.793. The number of carbonyl (C=O) groups excluding carboxylic acids is 1. The van der Waals surface area contributed by atoms with Crippen molar-refractivity contribution in [2.45, 2.75) is 65.0 Å². The van der Waals surface area contributed by atoms with Gasteiger partial charge in [-0.15, -0.1) is 0 Å². The highest BCUT2D eigenvalue weighted by Crippen LogP contribution is 2.17. The van der Waals surface area contributed by atoms with Crippen LogP contribution in [-0.4, -0.2) is 28.3 Å². The van der Waals surface area contributed by atoms with Gasteiger partial charge in [0, 0.05) is 31.7 Å². The molecule has 19 heavy (non-hydrogen) atoms. The van der Waals surface area contributed by atoms with E-state index in [2.05, 4.69) is 12.0 Å². The van der Waals surface area contributed by atoms with E-state index < -0.39 is 0 Å². The molecule has 0 saturated carbocycles. The Labute approximate surface area is 115 Å². The Morgan fingerprint density at radius 3 is 3.05 bits per heavy atom.